The summed E-state index contributed by atoms with van der Waals surface area (Å²) in [6, 6.07) is 6.03. The van der Waals surface area contributed by atoms with Gasteiger partial charge in [-0.3, -0.25) is 4.79 Å². The van der Waals surface area contributed by atoms with E-state index in [9.17, 15) is 35.1 Å². The molecule has 2 heterocycles. The van der Waals surface area contributed by atoms with Crippen molar-refractivity contribution < 1.29 is 54.1 Å². The summed E-state index contributed by atoms with van der Waals surface area (Å²) in [6.07, 6.45) is -3.51. The minimum absolute atomic E-state index is 0.0631. The molecule has 1 saturated carbocycles. The summed E-state index contributed by atoms with van der Waals surface area (Å²) in [5.74, 6) is -1.58. The first-order chi connectivity index (χ1) is 17.2. The number of aliphatic hydroxyl groups is 4. The topological polar surface area (TPSA) is 172 Å². The number of hydrogen-bond acceptors (Lipinski definition) is 11. The molecule has 0 amide bonds. The van der Waals surface area contributed by atoms with Gasteiger partial charge in [-0.2, -0.15) is 0 Å². The number of carbonyl (C=O) groups is 2. The molecule has 0 spiro atoms. The number of benzene rings is 1. The molecule has 0 aromatic heterocycles. The van der Waals surface area contributed by atoms with Gasteiger partial charge in [-0.1, -0.05) is 19.1 Å². The third-order valence-electron chi connectivity index (χ3n) is 7.04. The van der Waals surface area contributed by atoms with E-state index in [1.165, 1.54) is 18.2 Å². The van der Waals surface area contributed by atoms with Crippen LogP contribution in [0.1, 0.15) is 25.3 Å². The number of phenols is 1. The first kappa shape index (κ1) is 26.3. The average Bonchev–Trinajstić information content (AvgIpc) is 3.18. The van der Waals surface area contributed by atoms with Crippen molar-refractivity contribution in [3.63, 3.8) is 0 Å². The van der Waals surface area contributed by atoms with Gasteiger partial charge in [-0.15, -0.1) is 0 Å². The van der Waals surface area contributed by atoms with Gasteiger partial charge in [0.1, 0.15) is 29.7 Å². The second-order valence-electron chi connectivity index (χ2n) is 9.33. The number of aromatic hydroxyl groups is 1. The van der Waals surface area contributed by atoms with Gasteiger partial charge < -0.3 is 44.5 Å². The molecule has 3 aliphatic rings. The van der Waals surface area contributed by atoms with Crippen molar-refractivity contribution in [1.82, 2.24) is 0 Å². The number of phenolic OH excluding ortho intramolecular Hbond substituents is 1. The van der Waals surface area contributed by atoms with Gasteiger partial charge in [0.15, 0.2) is 12.4 Å². The molecule has 0 radical (unpaired) electrons. The predicted molar refractivity (Wildman–Crippen MR) is 122 cm³/mol. The zero-order valence-electron chi connectivity index (χ0n) is 19.5. The highest BCUT2D eigenvalue weighted by molar-refractivity contribution is 5.87. The summed E-state index contributed by atoms with van der Waals surface area (Å²) in [7, 11) is 0. The van der Waals surface area contributed by atoms with Crippen molar-refractivity contribution in [2.45, 2.75) is 62.4 Å². The lowest BCUT2D eigenvalue weighted by atomic mass is 9.80. The van der Waals surface area contributed by atoms with Crippen molar-refractivity contribution in [2.24, 2.45) is 11.8 Å². The van der Waals surface area contributed by atoms with E-state index in [-0.39, 0.29) is 17.2 Å². The second kappa shape index (κ2) is 10.7. The highest BCUT2D eigenvalue weighted by Crippen LogP contribution is 2.49. The zero-order valence-corrected chi connectivity index (χ0v) is 19.5. The molecule has 5 N–H and O–H groups in total. The van der Waals surface area contributed by atoms with Gasteiger partial charge in [0, 0.05) is 6.08 Å². The lowest BCUT2D eigenvalue weighted by molar-refractivity contribution is -0.347. The monoisotopic (exact) mass is 506 g/mol. The van der Waals surface area contributed by atoms with Gasteiger partial charge in [-0.05, 0) is 42.5 Å². The van der Waals surface area contributed by atoms with Crippen molar-refractivity contribution in [2.75, 3.05) is 6.61 Å². The van der Waals surface area contributed by atoms with E-state index in [0.29, 0.717) is 24.7 Å². The van der Waals surface area contributed by atoms with E-state index in [0.717, 1.165) is 12.3 Å². The fourth-order valence-corrected chi connectivity index (χ4v) is 5.01. The molecule has 11 nitrogen and oxygen atoms in total. The fourth-order valence-electron chi connectivity index (χ4n) is 5.01. The lowest BCUT2D eigenvalue weighted by Crippen LogP contribution is -2.62. The third-order valence-corrected chi connectivity index (χ3v) is 7.04. The summed E-state index contributed by atoms with van der Waals surface area (Å²) in [5, 5.41) is 51.2. The molecule has 36 heavy (non-hydrogen) atoms. The fraction of sp³-hybridized carbons (Fsp3) is 0.520. The minimum Gasteiger partial charge on any atom is -0.508 e. The average molecular weight is 507 g/mol. The Kier molecular flexibility index (Phi) is 7.79. The van der Waals surface area contributed by atoms with Crippen LogP contribution >= 0.6 is 0 Å². The van der Waals surface area contributed by atoms with Gasteiger partial charge in [0.05, 0.1) is 24.4 Å². The maximum atomic E-state index is 12.5. The molecule has 11 heteroatoms. The first-order valence-corrected chi connectivity index (χ1v) is 11.7. The number of aliphatic hydroxyl groups excluding tert-OH is 3. The summed E-state index contributed by atoms with van der Waals surface area (Å²) in [5.41, 5.74) is -0.791. The van der Waals surface area contributed by atoms with Gasteiger partial charge in [0.25, 0.3) is 0 Å². The lowest BCUT2D eigenvalue weighted by Gasteiger charge is -2.45. The maximum absolute atomic E-state index is 12.5. The van der Waals surface area contributed by atoms with Crippen LogP contribution in [0.2, 0.25) is 0 Å². The van der Waals surface area contributed by atoms with Crippen molar-refractivity contribution in [3.05, 3.63) is 47.7 Å². The number of aldehydes is 1. The Hall–Kier alpha value is -2.80. The number of fused-ring (bicyclic) bond motifs is 1. The molecular formula is C25H30O11. The van der Waals surface area contributed by atoms with E-state index in [4.69, 9.17) is 18.9 Å². The van der Waals surface area contributed by atoms with Crippen LogP contribution in [0.5, 0.6) is 5.75 Å². The quantitative estimate of drug-likeness (QED) is 0.191. The molecule has 1 aromatic rings. The highest BCUT2D eigenvalue weighted by atomic mass is 16.8. The summed E-state index contributed by atoms with van der Waals surface area (Å²) in [4.78, 5) is 24.0. The Morgan fingerprint density at radius 3 is 2.58 bits per heavy atom. The Labute approximate surface area is 207 Å². The standard InChI is InChI=1S/C25H30O11/c1-13-8-9-25(32)15(10-26)12-33-23(19(13)25)36-24-22(21(31)20(30)17(11-27)34-24)35-18(29)7-4-14-2-5-16(28)6-3-14/h2-7,10,12-13,17,19-24,27-28,30-32H,8-9,11H2,1H3/t13-,17-,19-,20-,21+,22-,23+,24+,25+/m1/s1. The van der Waals surface area contributed by atoms with Crippen LogP contribution in [0.25, 0.3) is 6.08 Å². The van der Waals surface area contributed by atoms with E-state index in [1.807, 2.05) is 6.92 Å². The molecule has 0 unspecified atom stereocenters. The molecular weight excluding hydrogens is 476 g/mol. The maximum Gasteiger partial charge on any atom is 0.331 e. The second-order valence-corrected chi connectivity index (χ2v) is 9.33. The number of rotatable bonds is 7. The Morgan fingerprint density at radius 2 is 1.92 bits per heavy atom. The molecule has 1 aliphatic carbocycles. The molecule has 4 rings (SSSR count). The minimum atomic E-state index is -1.67. The van der Waals surface area contributed by atoms with E-state index < -0.39 is 61.1 Å². The molecule has 1 aromatic carbocycles. The number of ether oxygens (including phenoxy) is 4. The molecule has 0 bridgehead atoms. The van der Waals surface area contributed by atoms with Crippen LogP contribution in [-0.2, 0) is 28.5 Å². The van der Waals surface area contributed by atoms with Gasteiger partial charge in [0.2, 0.25) is 12.6 Å². The summed E-state index contributed by atoms with van der Waals surface area (Å²) < 4.78 is 22.5. The Bertz CT molecular complexity index is 1010. The summed E-state index contributed by atoms with van der Waals surface area (Å²) >= 11 is 0. The number of carbonyl (C=O) groups excluding carboxylic acids is 2. The number of hydrogen-bond donors (Lipinski definition) is 5. The molecule has 2 fully saturated rings. The number of esters is 1. The smallest absolute Gasteiger partial charge is 0.331 e. The predicted octanol–water partition coefficient (Wildman–Crippen LogP) is -0.0109. The van der Waals surface area contributed by atoms with Crippen LogP contribution in [0.15, 0.2) is 42.2 Å². The molecule has 196 valence electrons. The van der Waals surface area contributed by atoms with E-state index in [2.05, 4.69) is 0 Å². The largest absolute Gasteiger partial charge is 0.508 e. The van der Waals surface area contributed by atoms with Crippen LogP contribution in [0.3, 0.4) is 0 Å². The SMILES string of the molecule is C[C@@H]1CC[C@]2(O)C(C=O)=CO[C@@H](O[C@@H]3O[C@H](CO)[C@@H](O)[C@H](O)[C@H]3OC(=O)C=Cc3ccc(O)cc3)[C@@H]12. The zero-order chi connectivity index (χ0) is 26.0. The van der Waals surface area contributed by atoms with Crippen LogP contribution in [0.4, 0.5) is 0 Å². The van der Waals surface area contributed by atoms with E-state index in [1.54, 1.807) is 12.1 Å². The Morgan fingerprint density at radius 1 is 1.19 bits per heavy atom. The first-order valence-electron chi connectivity index (χ1n) is 11.7. The van der Waals surface area contributed by atoms with Crippen molar-refractivity contribution in [1.29, 1.82) is 0 Å². The Balaban J connectivity index is 1.54. The third kappa shape index (κ3) is 5.03. The van der Waals surface area contributed by atoms with E-state index >= 15 is 0 Å². The van der Waals surface area contributed by atoms with Crippen LogP contribution in [-0.4, -0.2) is 87.0 Å². The highest BCUT2D eigenvalue weighted by Gasteiger charge is 2.57. The van der Waals surface area contributed by atoms with Crippen molar-refractivity contribution in [3.8, 4) is 5.75 Å². The normalized spacial score (nSPS) is 38.2. The summed E-state index contributed by atoms with van der Waals surface area (Å²) in [6.45, 7) is 1.22. The van der Waals surface area contributed by atoms with Crippen LogP contribution in [0, 0.1) is 11.8 Å². The van der Waals surface area contributed by atoms with Gasteiger partial charge in [-0.25, -0.2) is 4.79 Å². The molecule has 9 atom stereocenters. The van der Waals surface area contributed by atoms with Crippen molar-refractivity contribution >= 4 is 18.3 Å². The van der Waals surface area contributed by atoms with Crippen LogP contribution < -0.4 is 0 Å². The molecule has 2 aliphatic heterocycles. The van der Waals surface area contributed by atoms with Gasteiger partial charge >= 0.3 is 5.97 Å². The molecule has 1 saturated heterocycles.